The molecule has 0 atom stereocenters. The molecule has 0 spiro atoms. The number of rotatable bonds is 6. The van der Waals surface area contributed by atoms with E-state index < -0.39 is 0 Å². The summed E-state index contributed by atoms with van der Waals surface area (Å²) < 4.78 is 6.04. The Morgan fingerprint density at radius 3 is 2.74 bits per heavy atom. The number of hydrazone groups is 1. The van der Waals surface area contributed by atoms with E-state index in [1.807, 2.05) is 36.4 Å². The molecular weight excluding hydrogens is 380 g/mol. The maximum absolute atomic E-state index is 11.6. The number of hydrogen-bond acceptors (Lipinski definition) is 3. The van der Waals surface area contributed by atoms with Crippen LogP contribution in [0.2, 0.25) is 5.02 Å². The number of nitrogens with one attached hydrogen (secondary N) is 1. The Bertz CT molecular complexity index is 718. The zero-order valence-electron chi connectivity index (χ0n) is 12.1. The minimum atomic E-state index is -0.360. The second kappa shape index (κ2) is 9.12. The van der Waals surface area contributed by atoms with E-state index in [9.17, 15) is 4.79 Å². The van der Waals surface area contributed by atoms with E-state index in [0.717, 1.165) is 10.0 Å². The number of carbonyl (C=O) groups is 1. The second-order valence-electron chi connectivity index (χ2n) is 4.48. The highest BCUT2D eigenvalue weighted by molar-refractivity contribution is 9.12. The van der Waals surface area contributed by atoms with Crippen molar-refractivity contribution in [3.8, 4) is 5.75 Å². The smallest absolute Gasteiger partial charge is 0.277 e. The van der Waals surface area contributed by atoms with Gasteiger partial charge in [0.25, 0.3) is 5.91 Å². The molecule has 0 fully saturated rings. The van der Waals surface area contributed by atoms with Crippen LogP contribution in [0.4, 0.5) is 0 Å². The van der Waals surface area contributed by atoms with Crippen LogP contribution >= 0.6 is 27.5 Å². The van der Waals surface area contributed by atoms with Crippen molar-refractivity contribution in [3.05, 3.63) is 69.7 Å². The molecule has 2 rings (SSSR count). The number of benzene rings is 2. The maximum Gasteiger partial charge on any atom is 0.277 e. The van der Waals surface area contributed by atoms with Gasteiger partial charge in [-0.25, -0.2) is 5.43 Å². The molecule has 6 heteroatoms. The van der Waals surface area contributed by atoms with Gasteiger partial charge in [0, 0.05) is 9.51 Å². The molecule has 0 radical (unpaired) electrons. The van der Waals surface area contributed by atoms with Crippen LogP contribution in [0.5, 0.6) is 5.75 Å². The van der Waals surface area contributed by atoms with Gasteiger partial charge in [0.15, 0.2) is 6.61 Å². The third-order valence-electron chi connectivity index (χ3n) is 2.65. The molecule has 118 valence electrons. The Morgan fingerprint density at radius 2 is 2.00 bits per heavy atom. The zero-order valence-corrected chi connectivity index (χ0v) is 14.4. The summed E-state index contributed by atoms with van der Waals surface area (Å²) in [5, 5.41) is 4.40. The van der Waals surface area contributed by atoms with Gasteiger partial charge in [-0.15, -0.1) is 0 Å². The number of amides is 1. The molecule has 1 amide bonds. The summed E-state index contributed by atoms with van der Waals surface area (Å²) in [6, 6.07) is 16.6. The van der Waals surface area contributed by atoms with Crippen LogP contribution in [-0.4, -0.2) is 18.7 Å². The van der Waals surface area contributed by atoms with Crippen molar-refractivity contribution in [2.24, 2.45) is 5.10 Å². The van der Waals surface area contributed by atoms with Crippen LogP contribution in [0.25, 0.3) is 6.08 Å². The van der Waals surface area contributed by atoms with Crippen LogP contribution in [0.15, 0.2) is 64.2 Å². The fourth-order valence-electron chi connectivity index (χ4n) is 1.65. The first-order valence-electron chi connectivity index (χ1n) is 6.76. The SMILES string of the molecule is O=C(COc1cccc(Cl)c1)NN=CC(Br)=Cc1ccccc1. The van der Waals surface area contributed by atoms with E-state index in [1.165, 1.54) is 6.21 Å². The molecular formula is C17H14BrClN2O2. The van der Waals surface area contributed by atoms with Crippen molar-refractivity contribution in [2.75, 3.05) is 6.61 Å². The maximum atomic E-state index is 11.6. The van der Waals surface area contributed by atoms with Gasteiger partial charge in [0.2, 0.25) is 0 Å². The average Bonchev–Trinajstić information content (AvgIpc) is 2.54. The van der Waals surface area contributed by atoms with E-state index in [4.69, 9.17) is 16.3 Å². The number of ether oxygens (including phenoxy) is 1. The molecule has 1 N–H and O–H groups in total. The topological polar surface area (TPSA) is 50.7 Å². The highest BCUT2D eigenvalue weighted by atomic mass is 79.9. The molecule has 0 saturated carbocycles. The first kappa shape index (κ1) is 17.2. The summed E-state index contributed by atoms with van der Waals surface area (Å²) in [7, 11) is 0. The molecule has 0 bridgehead atoms. The predicted octanol–water partition coefficient (Wildman–Crippen LogP) is 4.26. The number of halogens is 2. The van der Waals surface area contributed by atoms with Crippen molar-refractivity contribution in [3.63, 3.8) is 0 Å². The largest absolute Gasteiger partial charge is 0.484 e. The minimum absolute atomic E-state index is 0.141. The predicted molar refractivity (Wildman–Crippen MR) is 96.9 cm³/mol. The van der Waals surface area contributed by atoms with Crippen LogP contribution in [-0.2, 0) is 4.79 Å². The first-order chi connectivity index (χ1) is 11.1. The Balaban J connectivity index is 1.78. The molecule has 0 unspecified atom stereocenters. The van der Waals surface area contributed by atoms with E-state index in [1.54, 1.807) is 24.3 Å². The molecule has 0 aromatic heterocycles. The third kappa shape index (κ3) is 6.67. The lowest BCUT2D eigenvalue weighted by molar-refractivity contribution is -0.123. The molecule has 0 saturated heterocycles. The van der Waals surface area contributed by atoms with Crippen molar-refractivity contribution >= 4 is 45.7 Å². The van der Waals surface area contributed by atoms with Gasteiger partial charge in [-0.05, 0) is 45.8 Å². The van der Waals surface area contributed by atoms with Gasteiger partial charge in [-0.2, -0.15) is 5.10 Å². The molecule has 4 nitrogen and oxygen atoms in total. The van der Waals surface area contributed by atoms with Crippen LogP contribution < -0.4 is 10.2 Å². The van der Waals surface area contributed by atoms with Gasteiger partial charge in [0.05, 0.1) is 6.21 Å². The Kier molecular flexibility index (Phi) is 6.84. The van der Waals surface area contributed by atoms with Crippen LogP contribution in [0, 0.1) is 0 Å². The highest BCUT2D eigenvalue weighted by Crippen LogP contribution is 2.16. The summed E-state index contributed by atoms with van der Waals surface area (Å²) in [6.07, 6.45) is 3.39. The van der Waals surface area contributed by atoms with Crippen molar-refractivity contribution < 1.29 is 9.53 Å². The molecule has 0 aliphatic carbocycles. The fourth-order valence-corrected chi connectivity index (χ4v) is 2.20. The van der Waals surface area contributed by atoms with Gasteiger partial charge in [-0.3, -0.25) is 4.79 Å². The van der Waals surface area contributed by atoms with E-state index in [0.29, 0.717) is 10.8 Å². The van der Waals surface area contributed by atoms with Crippen LogP contribution in [0.3, 0.4) is 0 Å². The normalized spacial score (nSPS) is 11.5. The number of hydrogen-bond donors (Lipinski definition) is 1. The van der Waals surface area contributed by atoms with Crippen molar-refractivity contribution in [2.45, 2.75) is 0 Å². The monoisotopic (exact) mass is 392 g/mol. The second-order valence-corrected chi connectivity index (χ2v) is 5.83. The standard InChI is InChI=1S/C17H14BrClN2O2/c18-14(9-13-5-2-1-3-6-13)11-20-21-17(22)12-23-16-8-4-7-15(19)10-16/h1-11H,12H2,(H,21,22). The summed E-state index contributed by atoms with van der Waals surface area (Å²) >= 11 is 9.19. The van der Waals surface area contributed by atoms with Crippen molar-refractivity contribution in [1.29, 1.82) is 0 Å². The average molecular weight is 394 g/mol. The van der Waals surface area contributed by atoms with Crippen LogP contribution in [0.1, 0.15) is 5.56 Å². The fraction of sp³-hybridized carbons (Fsp3) is 0.0588. The molecule has 0 heterocycles. The Morgan fingerprint density at radius 1 is 1.22 bits per heavy atom. The van der Waals surface area contributed by atoms with Gasteiger partial charge >= 0.3 is 0 Å². The lowest BCUT2D eigenvalue weighted by Gasteiger charge is -2.04. The molecule has 2 aromatic carbocycles. The molecule has 2 aromatic rings. The van der Waals surface area contributed by atoms with E-state index in [-0.39, 0.29) is 12.5 Å². The zero-order chi connectivity index (χ0) is 16.5. The third-order valence-corrected chi connectivity index (χ3v) is 3.32. The lowest BCUT2D eigenvalue weighted by Crippen LogP contribution is -2.24. The quantitative estimate of drug-likeness (QED) is 0.589. The number of carbonyl (C=O) groups excluding carboxylic acids is 1. The molecule has 0 aliphatic rings. The molecule has 0 aliphatic heterocycles. The lowest BCUT2D eigenvalue weighted by atomic mass is 10.2. The van der Waals surface area contributed by atoms with Gasteiger partial charge in [-0.1, -0.05) is 48.0 Å². The molecule has 23 heavy (non-hydrogen) atoms. The summed E-state index contributed by atoms with van der Waals surface area (Å²) in [4.78, 5) is 11.6. The number of nitrogens with zero attached hydrogens (tertiary/aromatic N) is 1. The van der Waals surface area contributed by atoms with Gasteiger partial charge < -0.3 is 4.74 Å². The summed E-state index contributed by atoms with van der Waals surface area (Å²) in [5.41, 5.74) is 3.42. The summed E-state index contributed by atoms with van der Waals surface area (Å²) in [5.74, 6) is 0.169. The van der Waals surface area contributed by atoms with E-state index in [2.05, 4.69) is 26.5 Å². The Labute approximate surface area is 147 Å². The number of allylic oxidation sites excluding steroid dienone is 1. The highest BCUT2D eigenvalue weighted by Gasteiger charge is 2.01. The Hall–Kier alpha value is -2.11. The minimum Gasteiger partial charge on any atom is -0.484 e. The van der Waals surface area contributed by atoms with Crippen molar-refractivity contribution in [1.82, 2.24) is 5.43 Å². The van der Waals surface area contributed by atoms with E-state index >= 15 is 0 Å². The van der Waals surface area contributed by atoms with Gasteiger partial charge in [0.1, 0.15) is 5.75 Å². The first-order valence-corrected chi connectivity index (χ1v) is 7.93. The summed E-state index contributed by atoms with van der Waals surface area (Å²) in [6.45, 7) is -0.141.